The predicted molar refractivity (Wildman–Crippen MR) is 74.2 cm³/mol. The highest BCUT2D eigenvalue weighted by atomic mass is 16.5. The molecule has 100 valence electrons. The van der Waals surface area contributed by atoms with Gasteiger partial charge in [-0.15, -0.1) is 0 Å². The van der Waals surface area contributed by atoms with Gasteiger partial charge in [-0.2, -0.15) is 0 Å². The van der Waals surface area contributed by atoms with Gasteiger partial charge >= 0.3 is 0 Å². The van der Waals surface area contributed by atoms with Crippen LogP contribution in [0.2, 0.25) is 0 Å². The van der Waals surface area contributed by atoms with Crippen LogP contribution in [0.1, 0.15) is 35.3 Å². The molecule has 18 heavy (non-hydrogen) atoms. The van der Waals surface area contributed by atoms with E-state index in [1.807, 2.05) is 39.8 Å². The second-order valence-electron chi connectivity index (χ2n) is 5.09. The summed E-state index contributed by atoms with van der Waals surface area (Å²) in [6.45, 7) is 8.41. The van der Waals surface area contributed by atoms with Crippen molar-refractivity contribution >= 4 is 5.78 Å². The number of carbonyl (C=O) groups is 1. The lowest BCUT2D eigenvalue weighted by molar-refractivity contribution is 0.0889. The molecule has 2 N–H and O–H groups in total. The first-order valence-electron chi connectivity index (χ1n) is 6.31. The molecule has 0 aliphatic rings. The van der Waals surface area contributed by atoms with Gasteiger partial charge in [-0.1, -0.05) is 13.8 Å². The van der Waals surface area contributed by atoms with Gasteiger partial charge in [-0.3, -0.25) is 4.79 Å². The van der Waals surface area contributed by atoms with Crippen LogP contribution in [0.5, 0.6) is 5.75 Å². The third-order valence-electron chi connectivity index (χ3n) is 3.48. The summed E-state index contributed by atoms with van der Waals surface area (Å²) in [6.07, 6.45) is 0. The van der Waals surface area contributed by atoms with E-state index in [1.165, 1.54) is 0 Å². The summed E-state index contributed by atoms with van der Waals surface area (Å²) in [5.74, 6) is 0.796. The molecule has 0 aliphatic heterocycles. The van der Waals surface area contributed by atoms with Crippen LogP contribution in [0.3, 0.4) is 0 Å². The molecule has 0 spiro atoms. The molecule has 1 atom stereocenters. The number of ether oxygens (including phenoxy) is 1. The molecule has 0 aromatic heterocycles. The molecule has 0 heterocycles. The minimum atomic E-state index is -0.152. The van der Waals surface area contributed by atoms with Gasteiger partial charge < -0.3 is 10.5 Å². The van der Waals surface area contributed by atoms with E-state index in [0.717, 1.165) is 11.1 Å². The maximum absolute atomic E-state index is 12.5. The summed E-state index contributed by atoms with van der Waals surface area (Å²) in [4.78, 5) is 12.5. The van der Waals surface area contributed by atoms with E-state index in [4.69, 9.17) is 10.5 Å². The van der Waals surface area contributed by atoms with E-state index in [9.17, 15) is 4.79 Å². The molecule has 0 radical (unpaired) electrons. The quantitative estimate of drug-likeness (QED) is 0.816. The maximum Gasteiger partial charge on any atom is 0.171 e. The molecule has 1 unspecified atom stereocenters. The lowest BCUT2D eigenvalue weighted by Gasteiger charge is -2.19. The number of Topliss-reactive ketones (excluding diaryl/α,β-unsaturated/α-hetero) is 1. The molecule has 0 aliphatic carbocycles. The van der Waals surface area contributed by atoms with Crippen LogP contribution in [0.25, 0.3) is 0 Å². The van der Waals surface area contributed by atoms with Crippen molar-refractivity contribution in [2.45, 2.75) is 27.7 Å². The highest BCUT2D eigenvalue weighted by Crippen LogP contribution is 2.27. The average Bonchev–Trinajstić information content (AvgIpc) is 2.32. The molecule has 3 heteroatoms. The molecule has 0 saturated heterocycles. The molecular weight excluding hydrogens is 226 g/mol. The topological polar surface area (TPSA) is 52.3 Å². The number of carbonyl (C=O) groups excluding carboxylic acids is 1. The van der Waals surface area contributed by atoms with Crippen LogP contribution < -0.4 is 10.5 Å². The molecule has 3 nitrogen and oxygen atoms in total. The fraction of sp³-hybridized carbons (Fsp3) is 0.533. The number of hydrogen-bond donors (Lipinski definition) is 1. The third kappa shape index (κ3) is 2.91. The van der Waals surface area contributed by atoms with E-state index < -0.39 is 0 Å². The van der Waals surface area contributed by atoms with Gasteiger partial charge in [0.05, 0.1) is 12.7 Å². The third-order valence-corrected chi connectivity index (χ3v) is 3.48. The number of nitrogens with two attached hydrogens (primary N) is 1. The molecule has 0 bridgehead atoms. The minimum Gasteiger partial charge on any atom is -0.496 e. The Bertz CT molecular complexity index is 438. The molecule has 0 fully saturated rings. The Hall–Kier alpha value is -1.35. The zero-order valence-electron chi connectivity index (χ0n) is 11.9. The van der Waals surface area contributed by atoms with Crippen molar-refractivity contribution in [2.24, 2.45) is 17.6 Å². The fourth-order valence-electron chi connectivity index (χ4n) is 2.03. The lowest BCUT2D eigenvalue weighted by Crippen LogP contribution is -2.28. The average molecular weight is 249 g/mol. The summed E-state index contributed by atoms with van der Waals surface area (Å²) >= 11 is 0. The Balaban J connectivity index is 3.23. The molecule has 0 amide bonds. The van der Waals surface area contributed by atoms with E-state index >= 15 is 0 Å². The number of benzene rings is 1. The Labute approximate surface area is 109 Å². The smallest absolute Gasteiger partial charge is 0.171 e. The van der Waals surface area contributed by atoms with E-state index in [1.54, 1.807) is 7.11 Å². The van der Waals surface area contributed by atoms with Gasteiger partial charge in [0.1, 0.15) is 5.75 Å². The second-order valence-corrected chi connectivity index (χ2v) is 5.09. The molecule has 1 rings (SSSR count). The normalized spacial score (nSPS) is 12.6. The van der Waals surface area contributed by atoms with Gasteiger partial charge in [0.25, 0.3) is 0 Å². The predicted octanol–water partition coefficient (Wildman–Crippen LogP) is 2.73. The van der Waals surface area contributed by atoms with Crippen molar-refractivity contribution in [3.8, 4) is 5.75 Å². The van der Waals surface area contributed by atoms with Crippen molar-refractivity contribution in [3.05, 3.63) is 28.8 Å². The van der Waals surface area contributed by atoms with E-state index in [2.05, 4.69) is 0 Å². The largest absolute Gasteiger partial charge is 0.496 e. The van der Waals surface area contributed by atoms with E-state index in [0.29, 0.717) is 17.9 Å². The second kappa shape index (κ2) is 6.01. The van der Waals surface area contributed by atoms with E-state index in [-0.39, 0.29) is 17.6 Å². The highest BCUT2D eigenvalue weighted by molar-refractivity contribution is 6.00. The van der Waals surface area contributed by atoms with Crippen LogP contribution in [0.15, 0.2) is 12.1 Å². The molecular formula is C15H23NO2. The Kier molecular flexibility index (Phi) is 4.91. The van der Waals surface area contributed by atoms with Crippen molar-refractivity contribution in [3.63, 3.8) is 0 Å². The zero-order chi connectivity index (χ0) is 13.9. The number of rotatable bonds is 5. The first kappa shape index (κ1) is 14.7. The van der Waals surface area contributed by atoms with Crippen LogP contribution in [0.4, 0.5) is 0 Å². The molecule has 0 saturated carbocycles. The highest BCUT2D eigenvalue weighted by Gasteiger charge is 2.25. The standard InChI is InChI=1S/C15H23NO2/c1-9(2)13(8-16)15(17)12-6-10(3)11(4)7-14(12)18-5/h6-7,9,13H,8,16H2,1-5H3. The van der Waals surface area contributed by atoms with Gasteiger partial charge in [-0.25, -0.2) is 0 Å². The first-order chi connectivity index (χ1) is 8.42. The fourth-order valence-corrected chi connectivity index (χ4v) is 2.03. The number of methoxy groups -OCH3 is 1. The van der Waals surface area contributed by atoms with Gasteiger partial charge in [0.2, 0.25) is 0 Å². The molecule has 1 aromatic rings. The van der Waals surface area contributed by atoms with Crippen molar-refractivity contribution in [1.29, 1.82) is 0 Å². The zero-order valence-corrected chi connectivity index (χ0v) is 11.9. The summed E-state index contributed by atoms with van der Waals surface area (Å²) in [6, 6.07) is 3.82. The number of hydrogen-bond acceptors (Lipinski definition) is 3. The number of ketones is 1. The van der Waals surface area contributed by atoms with Crippen LogP contribution >= 0.6 is 0 Å². The Morgan fingerprint density at radius 1 is 1.28 bits per heavy atom. The van der Waals surface area contributed by atoms with Crippen molar-refractivity contribution in [1.82, 2.24) is 0 Å². The Morgan fingerprint density at radius 2 is 1.83 bits per heavy atom. The number of aryl methyl sites for hydroxylation is 2. The van der Waals surface area contributed by atoms with Crippen molar-refractivity contribution < 1.29 is 9.53 Å². The summed E-state index contributed by atoms with van der Waals surface area (Å²) in [7, 11) is 1.59. The maximum atomic E-state index is 12.5. The van der Waals surface area contributed by atoms with Gasteiger partial charge in [0.15, 0.2) is 5.78 Å². The van der Waals surface area contributed by atoms with Gasteiger partial charge in [0, 0.05) is 12.5 Å². The van der Waals surface area contributed by atoms with Crippen LogP contribution in [0, 0.1) is 25.7 Å². The monoisotopic (exact) mass is 249 g/mol. The summed E-state index contributed by atoms with van der Waals surface area (Å²) < 4.78 is 5.32. The SMILES string of the molecule is COc1cc(C)c(C)cc1C(=O)C(CN)C(C)C. The first-order valence-corrected chi connectivity index (χ1v) is 6.31. The minimum absolute atomic E-state index is 0.0763. The van der Waals surface area contributed by atoms with Gasteiger partial charge in [-0.05, 0) is 43.0 Å². The van der Waals surface area contributed by atoms with Crippen molar-refractivity contribution in [2.75, 3.05) is 13.7 Å². The summed E-state index contributed by atoms with van der Waals surface area (Å²) in [5, 5.41) is 0. The van der Waals surface area contributed by atoms with Crippen LogP contribution in [-0.4, -0.2) is 19.4 Å². The Morgan fingerprint density at radius 3 is 2.28 bits per heavy atom. The molecule has 1 aromatic carbocycles. The summed E-state index contributed by atoms with van der Waals surface area (Å²) in [5.41, 5.74) is 8.57. The lowest BCUT2D eigenvalue weighted by atomic mass is 9.87. The van der Waals surface area contributed by atoms with Crippen LogP contribution in [-0.2, 0) is 0 Å².